The van der Waals surface area contributed by atoms with Gasteiger partial charge in [-0.15, -0.1) is 13.2 Å². The van der Waals surface area contributed by atoms with Crippen molar-refractivity contribution in [2.24, 2.45) is 0 Å². The monoisotopic (exact) mass is 353 g/mol. The fourth-order valence-corrected chi connectivity index (χ4v) is 6.73. The first-order valence-electron chi connectivity index (χ1n) is 9.17. The molecule has 0 saturated carbocycles. The number of allylic oxidation sites excluding steroid dienone is 2. The molecule has 0 saturated heterocycles. The van der Waals surface area contributed by atoms with Crippen molar-refractivity contribution >= 4 is 18.1 Å². The van der Waals surface area contributed by atoms with Crippen LogP contribution in [0.5, 0.6) is 0 Å². The first-order chi connectivity index (χ1) is 12.2. The van der Waals surface area contributed by atoms with Crippen LogP contribution in [0.2, 0.25) is 0 Å². The Labute approximate surface area is 153 Å². The van der Waals surface area contributed by atoms with Crippen LogP contribution in [0.25, 0.3) is 0 Å². The fraction of sp³-hybridized carbons (Fsp3) is 0.304. The minimum Gasteiger partial charge on any atom is -0.241 e. The van der Waals surface area contributed by atoms with Gasteiger partial charge in [-0.25, -0.2) is 4.89 Å². The third kappa shape index (κ3) is 4.69. The lowest BCUT2D eigenvalue weighted by Crippen LogP contribution is -2.29. The molecule has 0 amide bonds. The van der Waals surface area contributed by atoms with Gasteiger partial charge >= 0.3 is 0 Å². The molecule has 2 aromatic carbocycles. The molecule has 0 radical (unpaired) electrons. The van der Waals surface area contributed by atoms with Crippen LogP contribution in [0.1, 0.15) is 37.3 Å². The van der Waals surface area contributed by atoms with Crippen molar-refractivity contribution in [3.63, 3.8) is 0 Å². The summed E-state index contributed by atoms with van der Waals surface area (Å²) in [6.07, 6.45) is 9.61. The molecule has 0 aliphatic rings. The van der Waals surface area contributed by atoms with E-state index in [4.69, 9.17) is 0 Å². The fourth-order valence-electron chi connectivity index (χ4n) is 3.36. The first-order valence-corrected chi connectivity index (χ1v) is 11.1. The van der Waals surface area contributed by atoms with Gasteiger partial charge in [0.05, 0.1) is 6.16 Å². The lowest BCUT2D eigenvalue weighted by Gasteiger charge is -2.24. The molecule has 25 heavy (non-hydrogen) atoms. The molecule has 0 fully saturated rings. The van der Waals surface area contributed by atoms with Gasteiger partial charge in [-0.2, -0.15) is 0 Å². The molecule has 0 heterocycles. The predicted molar refractivity (Wildman–Crippen MR) is 113 cm³/mol. The molecule has 1 nitrogen and oxygen atoms in total. The maximum atomic E-state index is 12.0. The van der Waals surface area contributed by atoms with Gasteiger partial charge in [0, 0.05) is 11.1 Å². The van der Waals surface area contributed by atoms with E-state index in [1.54, 1.807) is 0 Å². The Bertz CT molecular complexity index is 651. The number of hydrogen-bond acceptors (Lipinski definition) is 1. The second-order valence-electron chi connectivity index (χ2n) is 6.44. The molecular formula is C23H30OP+. The SMILES string of the molecule is C=CCc1ccccc1[P+](O)(CCCCC)c1ccccc1CC=C. The minimum atomic E-state index is -2.43. The van der Waals surface area contributed by atoms with Gasteiger partial charge in [-0.3, -0.25) is 0 Å². The normalized spacial score (nSPS) is 11.3. The van der Waals surface area contributed by atoms with E-state index in [-0.39, 0.29) is 0 Å². The lowest BCUT2D eigenvalue weighted by molar-refractivity contribution is 0.613. The number of benzene rings is 2. The van der Waals surface area contributed by atoms with Gasteiger partial charge in [-0.1, -0.05) is 61.9 Å². The summed E-state index contributed by atoms with van der Waals surface area (Å²) < 4.78 is 0. The average molecular weight is 353 g/mol. The maximum absolute atomic E-state index is 12.0. The molecule has 0 aromatic heterocycles. The Balaban J connectivity index is 2.59. The van der Waals surface area contributed by atoms with E-state index in [1.807, 2.05) is 36.4 Å². The van der Waals surface area contributed by atoms with Crippen molar-refractivity contribution in [2.75, 3.05) is 6.16 Å². The van der Waals surface area contributed by atoms with Gasteiger partial charge in [0.15, 0.2) is 0 Å². The molecule has 132 valence electrons. The van der Waals surface area contributed by atoms with Crippen LogP contribution in [0.3, 0.4) is 0 Å². The van der Waals surface area contributed by atoms with Gasteiger partial charge in [0.25, 0.3) is 0 Å². The molecule has 2 rings (SSSR count). The first kappa shape index (κ1) is 19.6. The van der Waals surface area contributed by atoms with Crippen molar-refractivity contribution in [1.82, 2.24) is 0 Å². The van der Waals surface area contributed by atoms with Gasteiger partial charge in [-0.05, 0) is 37.8 Å². The summed E-state index contributed by atoms with van der Waals surface area (Å²) in [5.41, 5.74) is 2.39. The van der Waals surface area contributed by atoms with Gasteiger partial charge < -0.3 is 0 Å². The van der Waals surface area contributed by atoms with E-state index >= 15 is 0 Å². The Morgan fingerprint density at radius 3 is 1.76 bits per heavy atom. The average Bonchev–Trinajstić information content (AvgIpc) is 2.63. The summed E-state index contributed by atoms with van der Waals surface area (Å²) in [7, 11) is -2.43. The number of hydrogen-bond donors (Lipinski definition) is 1. The van der Waals surface area contributed by atoms with Crippen LogP contribution in [0.4, 0.5) is 0 Å². The smallest absolute Gasteiger partial charge is 0.207 e. The maximum Gasteiger partial charge on any atom is 0.207 e. The largest absolute Gasteiger partial charge is 0.241 e. The van der Waals surface area contributed by atoms with Crippen molar-refractivity contribution < 1.29 is 4.89 Å². The molecule has 0 atom stereocenters. The highest BCUT2D eigenvalue weighted by Crippen LogP contribution is 2.54. The van der Waals surface area contributed by atoms with Crippen molar-refractivity contribution in [3.05, 3.63) is 85.0 Å². The molecule has 0 spiro atoms. The van der Waals surface area contributed by atoms with Crippen molar-refractivity contribution in [3.8, 4) is 0 Å². The summed E-state index contributed by atoms with van der Waals surface area (Å²) in [6, 6.07) is 16.7. The van der Waals surface area contributed by atoms with Gasteiger partial charge in [0.2, 0.25) is 7.49 Å². The second-order valence-corrected chi connectivity index (χ2v) is 9.39. The van der Waals surface area contributed by atoms with E-state index in [0.717, 1.165) is 48.9 Å². The summed E-state index contributed by atoms with van der Waals surface area (Å²) in [4.78, 5) is 12.0. The minimum absolute atomic E-state index is 0.788. The highest BCUT2D eigenvalue weighted by Gasteiger charge is 2.43. The van der Waals surface area contributed by atoms with E-state index < -0.39 is 7.49 Å². The molecule has 0 aliphatic heterocycles. The zero-order valence-corrected chi connectivity index (χ0v) is 16.2. The summed E-state index contributed by atoms with van der Waals surface area (Å²) >= 11 is 0. The summed E-state index contributed by atoms with van der Waals surface area (Å²) in [5, 5.41) is 2.23. The third-order valence-corrected chi connectivity index (χ3v) is 8.02. The molecule has 1 N–H and O–H groups in total. The zero-order chi connectivity index (χ0) is 18.1. The number of unbranched alkanes of at least 4 members (excludes halogenated alkanes) is 2. The quantitative estimate of drug-likeness (QED) is 0.353. The van der Waals surface area contributed by atoms with Crippen LogP contribution < -0.4 is 10.6 Å². The van der Waals surface area contributed by atoms with Crippen molar-refractivity contribution in [2.45, 2.75) is 39.0 Å². The molecule has 2 heteroatoms. The zero-order valence-electron chi connectivity index (χ0n) is 15.3. The Kier molecular flexibility index (Phi) is 7.62. The van der Waals surface area contributed by atoms with E-state index in [1.165, 1.54) is 11.1 Å². The highest BCUT2D eigenvalue weighted by molar-refractivity contribution is 7.84. The lowest BCUT2D eigenvalue weighted by atomic mass is 10.1. The predicted octanol–water partition coefficient (Wildman–Crippen LogP) is 5.21. The van der Waals surface area contributed by atoms with Crippen LogP contribution >= 0.6 is 7.49 Å². The van der Waals surface area contributed by atoms with Crippen molar-refractivity contribution in [1.29, 1.82) is 0 Å². The molecular weight excluding hydrogens is 323 g/mol. The molecule has 0 unspecified atom stereocenters. The highest BCUT2D eigenvalue weighted by atomic mass is 31.2. The van der Waals surface area contributed by atoms with Crippen LogP contribution in [-0.4, -0.2) is 11.1 Å². The van der Waals surface area contributed by atoms with E-state index in [0.29, 0.717) is 0 Å². The van der Waals surface area contributed by atoms with E-state index in [2.05, 4.69) is 44.3 Å². The Morgan fingerprint density at radius 2 is 1.32 bits per heavy atom. The Morgan fingerprint density at radius 1 is 0.840 bits per heavy atom. The topological polar surface area (TPSA) is 20.2 Å². The molecule has 2 aromatic rings. The number of rotatable bonds is 10. The molecule has 0 bridgehead atoms. The second kappa shape index (κ2) is 9.70. The van der Waals surface area contributed by atoms with Crippen LogP contribution in [0, 0.1) is 0 Å². The van der Waals surface area contributed by atoms with Gasteiger partial charge in [0.1, 0.15) is 10.6 Å². The Hall–Kier alpha value is -1.69. The summed E-state index contributed by atoms with van der Waals surface area (Å²) in [6.45, 7) is 9.99. The van der Waals surface area contributed by atoms with Crippen LogP contribution in [-0.2, 0) is 12.8 Å². The standard InChI is InChI=1S/C23H30OP/c1-4-7-12-19-25(24,22-17-10-8-15-20(22)13-5-2)23-18-11-9-16-21(23)14-6-3/h5-6,8-11,15-18,24H,2-4,7,12-14,19H2,1H3/q+1. The summed E-state index contributed by atoms with van der Waals surface area (Å²) in [5.74, 6) is 0. The van der Waals surface area contributed by atoms with E-state index in [9.17, 15) is 4.89 Å². The third-order valence-electron chi connectivity index (χ3n) is 4.59. The van der Waals surface area contributed by atoms with Crippen LogP contribution in [0.15, 0.2) is 73.8 Å². The molecule has 0 aliphatic carbocycles.